The van der Waals surface area contributed by atoms with Gasteiger partial charge in [-0.15, -0.1) is 5.10 Å². The molecule has 2 heterocycles. The number of aromatic nitrogens is 3. The van der Waals surface area contributed by atoms with Crippen molar-refractivity contribution in [3.8, 4) is 0 Å². The molecule has 0 spiro atoms. The number of rotatable bonds is 15. The molecule has 1 N–H and O–H groups in total. The molecule has 48 heavy (non-hydrogen) atoms. The van der Waals surface area contributed by atoms with Crippen LogP contribution in [-0.2, 0) is 56.6 Å². The Morgan fingerprint density at radius 2 is 1.21 bits per heavy atom. The molecular formula is C38H40N4O6. The third kappa shape index (κ3) is 9.00. The largest absolute Gasteiger partial charge is 0.368 e. The average molecular weight is 649 g/mol. The summed E-state index contributed by atoms with van der Waals surface area (Å²) in [6.07, 6.45) is -1.21. The van der Waals surface area contributed by atoms with E-state index in [4.69, 9.17) is 23.7 Å². The van der Waals surface area contributed by atoms with E-state index in [0.29, 0.717) is 37.6 Å². The van der Waals surface area contributed by atoms with E-state index in [-0.39, 0.29) is 12.5 Å². The van der Waals surface area contributed by atoms with Gasteiger partial charge in [-0.05, 0) is 28.8 Å². The normalized spacial score (nSPS) is 20.7. The second-order valence-electron chi connectivity index (χ2n) is 11.5. The Balaban J connectivity index is 1.23. The predicted molar refractivity (Wildman–Crippen MR) is 178 cm³/mol. The van der Waals surface area contributed by atoms with Crippen LogP contribution in [0.15, 0.2) is 128 Å². The Bertz CT molecular complexity index is 1670. The molecule has 1 aliphatic rings. The van der Waals surface area contributed by atoms with Gasteiger partial charge in [-0.2, -0.15) is 0 Å². The zero-order chi connectivity index (χ0) is 33.0. The fourth-order valence-corrected chi connectivity index (χ4v) is 5.64. The van der Waals surface area contributed by atoms with Crippen LogP contribution in [0.2, 0.25) is 0 Å². The number of methoxy groups -OCH3 is 1. The summed E-state index contributed by atoms with van der Waals surface area (Å²) in [6.45, 7) is 1.56. The summed E-state index contributed by atoms with van der Waals surface area (Å²) in [6, 6.07) is 39.0. The van der Waals surface area contributed by atoms with Crippen molar-refractivity contribution < 1.29 is 28.5 Å². The summed E-state index contributed by atoms with van der Waals surface area (Å²) >= 11 is 0. The van der Waals surface area contributed by atoms with Crippen LogP contribution in [0.1, 0.15) is 32.7 Å². The number of carbonyl (C=O) groups is 1. The summed E-state index contributed by atoms with van der Waals surface area (Å²) < 4.78 is 34.0. The number of carbonyl (C=O) groups excluding carboxylic acids is 1. The summed E-state index contributed by atoms with van der Waals surface area (Å²) in [7, 11) is 1.60. The number of benzene rings is 4. The number of amides is 1. The van der Waals surface area contributed by atoms with Crippen molar-refractivity contribution in [3.05, 3.63) is 155 Å². The number of hydrogen-bond donors (Lipinski definition) is 1. The molecule has 0 saturated carbocycles. The topological polar surface area (TPSA) is 106 Å². The molecule has 1 fully saturated rings. The molecule has 1 aromatic heterocycles. The predicted octanol–water partition coefficient (Wildman–Crippen LogP) is 5.34. The molecule has 248 valence electrons. The summed E-state index contributed by atoms with van der Waals surface area (Å²) in [4.78, 5) is 12.6. The van der Waals surface area contributed by atoms with Crippen LogP contribution < -0.4 is 5.32 Å². The van der Waals surface area contributed by atoms with E-state index in [1.807, 2.05) is 109 Å². The van der Waals surface area contributed by atoms with Crippen molar-refractivity contribution in [2.75, 3.05) is 7.11 Å². The first-order valence-corrected chi connectivity index (χ1v) is 16.0. The highest BCUT2D eigenvalue weighted by atomic mass is 16.7. The van der Waals surface area contributed by atoms with E-state index in [1.54, 1.807) is 30.1 Å². The van der Waals surface area contributed by atoms with Crippen molar-refractivity contribution in [2.45, 2.75) is 63.6 Å². The maximum Gasteiger partial charge on any atom is 0.251 e. The first kappa shape index (κ1) is 33.2. The summed E-state index contributed by atoms with van der Waals surface area (Å²) in [5.41, 5.74) is 4.26. The molecule has 5 aromatic rings. The van der Waals surface area contributed by atoms with Crippen LogP contribution in [0.3, 0.4) is 0 Å². The molecule has 5 atom stereocenters. The van der Waals surface area contributed by atoms with Gasteiger partial charge in [0, 0.05) is 12.7 Å². The maximum atomic E-state index is 12.6. The number of hydrogen-bond acceptors (Lipinski definition) is 8. The molecule has 1 saturated heterocycles. The SMILES string of the molecule is CO[C@H]1O[C@H](Cn2cc(CNC(=O)c3ccccc3)nn2)[C@H](OCc2ccccc2)[C@H](OCc2ccccc2)[C@H]1OCc1ccccc1. The molecule has 0 bridgehead atoms. The lowest BCUT2D eigenvalue weighted by Gasteiger charge is -2.45. The zero-order valence-electron chi connectivity index (χ0n) is 26.8. The van der Waals surface area contributed by atoms with E-state index >= 15 is 0 Å². The Kier molecular flexibility index (Phi) is 11.7. The van der Waals surface area contributed by atoms with Crippen LogP contribution >= 0.6 is 0 Å². The lowest BCUT2D eigenvalue weighted by atomic mass is 9.97. The van der Waals surface area contributed by atoms with Crippen molar-refractivity contribution in [2.24, 2.45) is 0 Å². The van der Waals surface area contributed by atoms with Gasteiger partial charge in [0.25, 0.3) is 5.91 Å². The number of nitrogens with zero attached hydrogens (tertiary/aromatic N) is 3. The minimum atomic E-state index is -0.746. The molecule has 10 nitrogen and oxygen atoms in total. The molecule has 1 amide bonds. The minimum absolute atomic E-state index is 0.182. The molecule has 0 unspecified atom stereocenters. The van der Waals surface area contributed by atoms with E-state index in [2.05, 4.69) is 15.6 Å². The maximum absolute atomic E-state index is 12.6. The molecule has 4 aromatic carbocycles. The molecular weight excluding hydrogens is 608 g/mol. The average Bonchev–Trinajstić information content (AvgIpc) is 3.60. The van der Waals surface area contributed by atoms with Crippen molar-refractivity contribution in [1.29, 1.82) is 0 Å². The molecule has 6 rings (SSSR count). The molecule has 1 aliphatic heterocycles. The van der Waals surface area contributed by atoms with Crippen LogP contribution in [0.4, 0.5) is 0 Å². The lowest BCUT2D eigenvalue weighted by Crippen LogP contribution is -2.61. The Hall–Kier alpha value is -4.71. The van der Waals surface area contributed by atoms with Crippen LogP contribution in [0.5, 0.6) is 0 Å². The van der Waals surface area contributed by atoms with Gasteiger partial charge in [0.05, 0.1) is 39.1 Å². The number of nitrogens with one attached hydrogen (secondary N) is 1. The van der Waals surface area contributed by atoms with Gasteiger partial charge in [0.2, 0.25) is 0 Å². The summed E-state index contributed by atoms with van der Waals surface area (Å²) in [5.74, 6) is -0.182. The van der Waals surface area contributed by atoms with Gasteiger partial charge < -0.3 is 29.0 Å². The quantitative estimate of drug-likeness (QED) is 0.162. The first-order valence-electron chi connectivity index (χ1n) is 16.0. The van der Waals surface area contributed by atoms with Crippen LogP contribution in [0, 0.1) is 0 Å². The summed E-state index contributed by atoms with van der Waals surface area (Å²) in [5, 5.41) is 11.5. The second kappa shape index (κ2) is 16.9. The fourth-order valence-electron chi connectivity index (χ4n) is 5.64. The highest BCUT2D eigenvalue weighted by Gasteiger charge is 2.49. The Labute approximate surface area is 280 Å². The molecule has 10 heteroatoms. The van der Waals surface area contributed by atoms with Gasteiger partial charge in [-0.1, -0.05) is 114 Å². The smallest absolute Gasteiger partial charge is 0.251 e. The third-order valence-corrected chi connectivity index (χ3v) is 8.10. The van der Waals surface area contributed by atoms with Crippen molar-refractivity contribution in [1.82, 2.24) is 20.3 Å². The Morgan fingerprint density at radius 3 is 1.75 bits per heavy atom. The fraction of sp³-hybridized carbons (Fsp3) is 0.289. The van der Waals surface area contributed by atoms with E-state index in [1.165, 1.54) is 0 Å². The standard InChI is InChI=1S/C38H40N4O6/c1-44-38-36(47-27-30-18-10-4-11-19-30)35(46-26-29-16-8-3-9-17-29)34(45-25-28-14-6-2-7-15-28)33(48-38)24-42-23-32(40-41-42)22-39-37(43)31-20-12-5-13-21-31/h2-21,23,33-36,38H,22,24-27H2,1H3,(H,39,43)/t33-,34+,35+,36-,38+/m1/s1. The zero-order valence-corrected chi connectivity index (χ0v) is 26.8. The van der Waals surface area contributed by atoms with E-state index < -0.39 is 30.7 Å². The highest BCUT2D eigenvalue weighted by Crippen LogP contribution is 2.31. The van der Waals surface area contributed by atoms with Gasteiger partial charge in [-0.3, -0.25) is 4.79 Å². The monoisotopic (exact) mass is 648 g/mol. The van der Waals surface area contributed by atoms with Crippen LogP contribution in [-0.4, -0.2) is 58.7 Å². The van der Waals surface area contributed by atoms with Gasteiger partial charge in [0.15, 0.2) is 6.29 Å². The highest BCUT2D eigenvalue weighted by molar-refractivity contribution is 5.94. The first-order chi connectivity index (χ1) is 23.7. The minimum Gasteiger partial charge on any atom is -0.368 e. The van der Waals surface area contributed by atoms with Crippen molar-refractivity contribution in [3.63, 3.8) is 0 Å². The number of ether oxygens (including phenoxy) is 5. The lowest BCUT2D eigenvalue weighted by molar-refractivity contribution is -0.319. The van der Waals surface area contributed by atoms with Gasteiger partial charge in [-0.25, -0.2) is 4.68 Å². The van der Waals surface area contributed by atoms with Crippen LogP contribution in [0.25, 0.3) is 0 Å². The van der Waals surface area contributed by atoms with E-state index in [9.17, 15) is 4.79 Å². The molecule has 0 radical (unpaired) electrons. The second-order valence-corrected chi connectivity index (χ2v) is 11.5. The third-order valence-electron chi connectivity index (χ3n) is 8.10. The van der Waals surface area contributed by atoms with Gasteiger partial charge >= 0.3 is 0 Å². The Morgan fingerprint density at radius 1 is 0.708 bits per heavy atom. The van der Waals surface area contributed by atoms with Crippen molar-refractivity contribution >= 4 is 5.91 Å². The van der Waals surface area contributed by atoms with E-state index in [0.717, 1.165) is 16.7 Å². The molecule has 0 aliphatic carbocycles. The van der Waals surface area contributed by atoms with Gasteiger partial charge in [0.1, 0.15) is 30.1 Å².